The van der Waals surface area contributed by atoms with E-state index in [1.807, 2.05) is 0 Å². The van der Waals surface area contributed by atoms with Crippen molar-refractivity contribution in [3.8, 4) is 0 Å². The Labute approximate surface area is 144 Å². The average Bonchev–Trinajstić information content (AvgIpc) is 3.05. The lowest BCUT2D eigenvalue weighted by atomic mass is 9.93. The van der Waals surface area contributed by atoms with Crippen LogP contribution >= 0.6 is 0 Å². The van der Waals surface area contributed by atoms with Crippen LogP contribution in [0.25, 0.3) is 5.57 Å². The fourth-order valence-electron chi connectivity index (χ4n) is 4.07. The number of anilines is 1. The number of nitrogens with zero attached hydrogens (tertiary/aromatic N) is 1. The molecule has 0 aliphatic carbocycles. The summed E-state index contributed by atoms with van der Waals surface area (Å²) in [6, 6.07) is 10.8. The Balaban J connectivity index is 1.47. The lowest BCUT2D eigenvalue weighted by Crippen LogP contribution is -2.35. The van der Waals surface area contributed by atoms with Gasteiger partial charge in [0, 0.05) is 43.5 Å². The highest BCUT2D eigenvalue weighted by Crippen LogP contribution is 2.32. The summed E-state index contributed by atoms with van der Waals surface area (Å²) in [5.74, 6) is 1.86. The minimum absolute atomic E-state index is 0.617. The fraction of sp³-hybridized carbons (Fsp3) is 0.429. The molecule has 2 N–H and O–H groups in total. The van der Waals surface area contributed by atoms with Crippen molar-refractivity contribution in [2.45, 2.75) is 26.2 Å². The summed E-state index contributed by atoms with van der Waals surface area (Å²) < 4.78 is 0. The zero-order valence-corrected chi connectivity index (χ0v) is 14.5. The minimum atomic E-state index is 0.617. The number of nitrogens with one attached hydrogen (secondary N) is 2. The Morgan fingerprint density at radius 2 is 2.08 bits per heavy atom. The van der Waals surface area contributed by atoms with Gasteiger partial charge >= 0.3 is 0 Å². The number of hydrogen-bond donors (Lipinski definition) is 2. The molecule has 0 fully saturated rings. The van der Waals surface area contributed by atoms with Gasteiger partial charge in [-0.25, -0.2) is 0 Å². The third kappa shape index (κ3) is 3.27. The van der Waals surface area contributed by atoms with Crippen molar-refractivity contribution < 1.29 is 0 Å². The van der Waals surface area contributed by atoms with Gasteiger partial charge in [0.25, 0.3) is 0 Å². The van der Waals surface area contributed by atoms with Crippen LogP contribution < -0.4 is 5.32 Å². The Morgan fingerprint density at radius 3 is 2.96 bits per heavy atom. The van der Waals surface area contributed by atoms with E-state index >= 15 is 0 Å². The number of H-pyrrole nitrogens is 1. The summed E-state index contributed by atoms with van der Waals surface area (Å²) in [6.45, 7) is 6.80. The number of benzene rings is 1. The lowest BCUT2D eigenvalue weighted by molar-refractivity contribution is 0.275. The van der Waals surface area contributed by atoms with E-state index in [-0.39, 0.29) is 0 Å². The van der Waals surface area contributed by atoms with E-state index in [0.717, 1.165) is 26.1 Å². The summed E-state index contributed by atoms with van der Waals surface area (Å²) >= 11 is 0. The molecule has 1 aromatic carbocycles. The Morgan fingerprint density at radius 1 is 1.21 bits per heavy atom. The summed E-state index contributed by atoms with van der Waals surface area (Å²) in [6.07, 6.45) is 8.25. The molecule has 126 valence electrons. The second kappa shape index (κ2) is 6.86. The summed E-state index contributed by atoms with van der Waals surface area (Å²) in [4.78, 5) is 6.05. The van der Waals surface area contributed by atoms with E-state index in [2.05, 4.69) is 64.7 Å². The van der Waals surface area contributed by atoms with E-state index in [9.17, 15) is 0 Å². The zero-order valence-electron chi connectivity index (χ0n) is 14.5. The molecule has 3 heterocycles. The molecule has 3 nitrogen and oxygen atoms in total. The first-order valence-corrected chi connectivity index (χ1v) is 9.21. The minimum Gasteiger partial charge on any atom is -0.371 e. The maximum absolute atomic E-state index is 3.49. The van der Waals surface area contributed by atoms with Crippen molar-refractivity contribution in [3.63, 3.8) is 0 Å². The van der Waals surface area contributed by atoms with Crippen LogP contribution in [0.1, 0.15) is 30.0 Å². The number of aromatic amines is 1. The molecule has 2 aromatic rings. The van der Waals surface area contributed by atoms with Gasteiger partial charge < -0.3 is 10.3 Å². The average molecular weight is 321 g/mol. The van der Waals surface area contributed by atoms with Gasteiger partial charge in [0.05, 0.1) is 0 Å². The molecule has 0 bridgehead atoms. The molecule has 0 amide bonds. The first-order chi connectivity index (χ1) is 11.8. The highest BCUT2D eigenvalue weighted by molar-refractivity contribution is 5.74. The Hall–Kier alpha value is -2.00. The van der Waals surface area contributed by atoms with Gasteiger partial charge in [0.2, 0.25) is 0 Å². The van der Waals surface area contributed by atoms with E-state index in [1.54, 1.807) is 0 Å². The summed E-state index contributed by atoms with van der Waals surface area (Å²) in [5, 5.41) is 3.49. The van der Waals surface area contributed by atoms with Crippen LogP contribution in [0, 0.1) is 5.92 Å². The molecular formula is C21H27N3. The van der Waals surface area contributed by atoms with Crippen molar-refractivity contribution in [2.75, 3.05) is 31.5 Å². The molecule has 0 spiro atoms. The highest BCUT2D eigenvalue weighted by Gasteiger charge is 2.23. The number of fused-ring (bicyclic) bond motifs is 1. The number of rotatable bonds is 4. The molecule has 2 aliphatic heterocycles. The van der Waals surface area contributed by atoms with E-state index < -0.39 is 0 Å². The van der Waals surface area contributed by atoms with E-state index in [0.29, 0.717) is 5.92 Å². The molecule has 0 saturated heterocycles. The molecule has 1 atom stereocenters. The normalized spacial score (nSPS) is 21.0. The van der Waals surface area contributed by atoms with E-state index in [4.69, 9.17) is 0 Å². The summed E-state index contributed by atoms with van der Waals surface area (Å²) in [5.41, 5.74) is 5.87. The van der Waals surface area contributed by atoms with Gasteiger partial charge in [0.1, 0.15) is 5.82 Å². The van der Waals surface area contributed by atoms with Crippen molar-refractivity contribution in [3.05, 3.63) is 59.3 Å². The second-order valence-electron chi connectivity index (χ2n) is 7.23. The van der Waals surface area contributed by atoms with Gasteiger partial charge in [-0.2, -0.15) is 0 Å². The largest absolute Gasteiger partial charge is 0.371 e. The monoisotopic (exact) mass is 321 g/mol. The maximum Gasteiger partial charge on any atom is 0.107 e. The maximum atomic E-state index is 3.49. The topological polar surface area (TPSA) is 31.1 Å². The Bertz CT molecular complexity index is 714. The van der Waals surface area contributed by atoms with E-state index in [1.165, 1.54) is 47.5 Å². The molecule has 0 unspecified atom stereocenters. The standard InChI is InChI=1S/C21H27N3/c1-16-12-18(20-13-23-21-19(20)8-5-10-22-21)15-24(14-16)11-9-17-6-3-2-4-7-17/h2-4,6-7,12-13,16,22-23H,5,8-11,14-15H2,1H3/t16-/m1/s1. The third-order valence-electron chi connectivity index (χ3n) is 5.22. The predicted octanol–water partition coefficient (Wildman–Crippen LogP) is 3.95. The van der Waals surface area contributed by atoms with Crippen LogP contribution in [0.5, 0.6) is 0 Å². The van der Waals surface area contributed by atoms with Gasteiger partial charge in [-0.05, 0) is 36.3 Å². The predicted molar refractivity (Wildman–Crippen MR) is 101 cm³/mol. The fourth-order valence-corrected chi connectivity index (χ4v) is 4.07. The van der Waals surface area contributed by atoms with Crippen LogP contribution in [-0.4, -0.2) is 36.1 Å². The van der Waals surface area contributed by atoms with Crippen molar-refractivity contribution in [2.24, 2.45) is 5.92 Å². The molecule has 3 heteroatoms. The van der Waals surface area contributed by atoms with Gasteiger partial charge in [-0.15, -0.1) is 0 Å². The van der Waals surface area contributed by atoms with Gasteiger partial charge in [-0.1, -0.05) is 43.3 Å². The first kappa shape index (κ1) is 15.5. The quantitative estimate of drug-likeness (QED) is 0.893. The Kier molecular flexibility index (Phi) is 4.44. The lowest BCUT2D eigenvalue weighted by Gasteiger charge is -2.31. The highest BCUT2D eigenvalue weighted by atomic mass is 15.1. The number of aromatic nitrogens is 1. The molecule has 2 aliphatic rings. The smallest absolute Gasteiger partial charge is 0.107 e. The van der Waals surface area contributed by atoms with Crippen molar-refractivity contribution in [1.29, 1.82) is 0 Å². The SMILES string of the molecule is C[C@@H]1C=C(c2c[nH]c3c2CCCN3)CN(CCc2ccccc2)C1. The van der Waals surface area contributed by atoms with Crippen molar-refractivity contribution in [1.82, 2.24) is 9.88 Å². The molecule has 1 aromatic heterocycles. The van der Waals surface area contributed by atoms with Crippen LogP contribution in [0.3, 0.4) is 0 Å². The molecular weight excluding hydrogens is 294 g/mol. The molecule has 0 saturated carbocycles. The van der Waals surface area contributed by atoms with Gasteiger partial charge in [0.15, 0.2) is 0 Å². The number of hydrogen-bond acceptors (Lipinski definition) is 2. The van der Waals surface area contributed by atoms with Crippen molar-refractivity contribution >= 4 is 11.4 Å². The zero-order chi connectivity index (χ0) is 16.4. The van der Waals surface area contributed by atoms with Crippen LogP contribution in [0.15, 0.2) is 42.6 Å². The first-order valence-electron chi connectivity index (χ1n) is 9.21. The van der Waals surface area contributed by atoms with Gasteiger partial charge in [-0.3, -0.25) is 4.90 Å². The van der Waals surface area contributed by atoms with Crippen LogP contribution in [-0.2, 0) is 12.8 Å². The van der Waals surface area contributed by atoms with Crippen LogP contribution in [0.4, 0.5) is 5.82 Å². The van der Waals surface area contributed by atoms with Crippen LogP contribution in [0.2, 0.25) is 0 Å². The molecule has 0 radical (unpaired) electrons. The molecule has 24 heavy (non-hydrogen) atoms. The molecule has 4 rings (SSSR count). The summed E-state index contributed by atoms with van der Waals surface area (Å²) in [7, 11) is 0. The second-order valence-corrected chi connectivity index (χ2v) is 7.23. The third-order valence-corrected chi connectivity index (χ3v) is 5.22.